The summed E-state index contributed by atoms with van der Waals surface area (Å²) in [4.78, 5) is 21.7. The Morgan fingerprint density at radius 3 is 1.49 bits per heavy atom. The van der Waals surface area contributed by atoms with Gasteiger partial charge in [-0.1, -0.05) is 84.9 Å². The number of anilines is 2. The van der Waals surface area contributed by atoms with E-state index < -0.39 is 11.5 Å². The number of ether oxygens (including phenoxy) is 2. The third-order valence-electron chi connectivity index (χ3n) is 5.48. The van der Waals surface area contributed by atoms with Gasteiger partial charge in [-0.15, -0.1) is 0 Å². The van der Waals surface area contributed by atoms with Crippen molar-refractivity contribution in [3.63, 3.8) is 0 Å². The molecule has 216 valence electrons. The summed E-state index contributed by atoms with van der Waals surface area (Å²) in [5.74, 6) is 0. The third-order valence-corrected chi connectivity index (χ3v) is 5.59. The summed E-state index contributed by atoms with van der Waals surface area (Å²) in [7, 11) is 0. The van der Waals surface area contributed by atoms with Gasteiger partial charge in [0, 0.05) is 29.5 Å². The number of halogens is 1. The fraction of sp³-hybridized carbons (Fsp3) is 0.188. The molecule has 0 heterocycles. The molecule has 0 spiro atoms. The van der Waals surface area contributed by atoms with E-state index in [1.54, 1.807) is 0 Å². The summed E-state index contributed by atoms with van der Waals surface area (Å²) < 4.78 is 9.67. The predicted molar refractivity (Wildman–Crippen MR) is 165 cm³/mol. The van der Waals surface area contributed by atoms with Crippen LogP contribution in [0.15, 0.2) is 109 Å². The zero-order chi connectivity index (χ0) is 29.7. The number of hydrogen-bond acceptors (Lipinski definition) is 7. The molecule has 1 amide bonds. The summed E-state index contributed by atoms with van der Waals surface area (Å²) in [6.07, 6.45) is 1.28. The SMILES string of the molecule is NCCc1ccc(N)cc1.Nc1ccc(CCNC(=O)OCc2ccccc2)cc1.O=C(Cl)OCc1ccccc1. The normalized spacial score (nSPS) is 9.71. The predicted octanol–water partition coefficient (Wildman–Crippen LogP) is 6.07. The molecular weight excluding hydrogens is 540 g/mol. The fourth-order valence-corrected chi connectivity index (χ4v) is 3.39. The van der Waals surface area contributed by atoms with Crippen molar-refractivity contribution in [3.8, 4) is 0 Å². The molecule has 0 aliphatic rings. The molecule has 4 aromatic rings. The van der Waals surface area contributed by atoms with Crippen LogP contribution in [0.3, 0.4) is 0 Å². The van der Waals surface area contributed by atoms with Crippen LogP contribution < -0.4 is 22.5 Å². The Morgan fingerprint density at radius 2 is 1.05 bits per heavy atom. The molecule has 0 bridgehead atoms. The highest BCUT2D eigenvalue weighted by Crippen LogP contribution is 2.06. The Hall–Kier alpha value is -4.53. The van der Waals surface area contributed by atoms with E-state index in [2.05, 4.69) is 10.1 Å². The minimum Gasteiger partial charge on any atom is -0.449 e. The van der Waals surface area contributed by atoms with Gasteiger partial charge in [-0.25, -0.2) is 9.59 Å². The number of nitrogens with one attached hydrogen (secondary N) is 1. The lowest BCUT2D eigenvalue weighted by molar-refractivity contribution is 0.140. The lowest BCUT2D eigenvalue weighted by atomic mass is 10.1. The van der Waals surface area contributed by atoms with E-state index in [1.165, 1.54) is 5.56 Å². The molecule has 0 fully saturated rings. The lowest BCUT2D eigenvalue weighted by Gasteiger charge is -2.07. The van der Waals surface area contributed by atoms with Crippen LogP contribution in [0.5, 0.6) is 0 Å². The van der Waals surface area contributed by atoms with Gasteiger partial charge in [0.2, 0.25) is 0 Å². The second kappa shape index (κ2) is 19.5. The Balaban J connectivity index is 0.000000236. The molecule has 7 N–H and O–H groups in total. The Morgan fingerprint density at radius 1 is 0.610 bits per heavy atom. The van der Waals surface area contributed by atoms with Crippen molar-refractivity contribution < 1.29 is 19.1 Å². The summed E-state index contributed by atoms with van der Waals surface area (Å²) >= 11 is 4.97. The van der Waals surface area contributed by atoms with Gasteiger partial charge in [-0.2, -0.15) is 0 Å². The molecule has 4 rings (SSSR count). The van der Waals surface area contributed by atoms with Crippen molar-refractivity contribution in [2.75, 3.05) is 24.6 Å². The highest BCUT2D eigenvalue weighted by atomic mass is 35.5. The quantitative estimate of drug-likeness (QED) is 0.140. The average molecular weight is 577 g/mol. The lowest BCUT2D eigenvalue weighted by Crippen LogP contribution is -2.26. The third kappa shape index (κ3) is 15.6. The van der Waals surface area contributed by atoms with Gasteiger partial charge in [-0.05, 0) is 65.9 Å². The first-order chi connectivity index (χ1) is 19.9. The molecule has 0 atom stereocenters. The monoisotopic (exact) mass is 576 g/mol. The number of amides is 1. The van der Waals surface area contributed by atoms with Crippen molar-refractivity contribution in [3.05, 3.63) is 131 Å². The second-order valence-electron chi connectivity index (χ2n) is 8.77. The number of rotatable bonds is 9. The average Bonchev–Trinajstić information content (AvgIpc) is 2.99. The van der Waals surface area contributed by atoms with E-state index in [0.29, 0.717) is 13.1 Å². The van der Waals surface area contributed by atoms with Crippen LogP contribution in [0.1, 0.15) is 22.3 Å². The Kier molecular flexibility index (Phi) is 15.6. The molecule has 9 heteroatoms. The number of carbonyl (C=O) groups excluding carboxylic acids is 2. The van der Waals surface area contributed by atoms with Crippen LogP contribution >= 0.6 is 11.6 Å². The Bertz CT molecular complexity index is 1270. The first kappa shape index (κ1) is 32.7. The van der Waals surface area contributed by atoms with Crippen LogP contribution in [0.2, 0.25) is 0 Å². The first-order valence-corrected chi connectivity index (χ1v) is 13.4. The van der Waals surface area contributed by atoms with Gasteiger partial charge in [0.25, 0.3) is 0 Å². The standard InChI is InChI=1S/C16H18N2O2.C8H7ClO2.C8H12N2/c17-15-8-6-13(7-9-15)10-11-18-16(19)20-12-14-4-2-1-3-5-14;9-8(10)11-6-7-4-2-1-3-5-7;9-6-5-7-1-3-8(10)4-2-7/h1-9H,10-12,17H2,(H,18,19);1-5H,6H2;1-4H,5-6,9-10H2. The summed E-state index contributed by atoms with van der Waals surface area (Å²) in [6.45, 7) is 1.76. The van der Waals surface area contributed by atoms with Gasteiger partial charge in [0.1, 0.15) is 13.2 Å². The minimum absolute atomic E-state index is 0.239. The van der Waals surface area contributed by atoms with E-state index in [9.17, 15) is 9.59 Å². The number of hydrogen-bond donors (Lipinski definition) is 4. The number of nitrogens with two attached hydrogens (primary N) is 3. The van der Waals surface area contributed by atoms with Crippen molar-refractivity contribution >= 4 is 34.5 Å². The van der Waals surface area contributed by atoms with Gasteiger partial charge < -0.3 is 32.0 Å². The summed E-state index contributed by atoms with van der Waals surface area (Å²) in [6, 6.07) is 34.3. The zero-order valence-corrected chi connectivity index (χ0v) is 23.6. The highest BCUT2D eigenvalue weighted by molar-refractivity contribution is 6.61. The molecule has 0 radical (unpaired) electrons. The largest absolute Gasteiger partial charge is 0.449 e. The van der Waals surface area contributed by atoms with Crippen LogP contribution in [0.25, 0.3) is 0 Å². The maximum Gasteiger partial charge on any atom is 0.407 e. The van der Waals surface area contributed by atoms with Crippen molar-refractivity contribution in [1.29, 1.82) is 0 Å². The Labute approximate surface area is 246 Å². The number of carbonyl (C=O) groups is 2. The molecule has 8 nitrogen and oxygen atoms in total. The van der Waals surface area contributed by atoms with Gasteiger partial charge in [-0.3, -0.25) is 0 Å². The van der Waals surface area contributed by atoms with Crippen LogP contribution in [0, 0.1) is 0 Å². The van der Waals surface area contributed by atoms with Crippen LogP contribution in [-0.4, -0.2) is 24.6 Å². The highest BCUT2D eigenvalue weighted by Gasteiger charge is 2.02. The summed E-state index contributed by atoms with van der Waals surface area (Å²) in [5, 5.41) is 2.72. The van der Waals surface area contributed by atoms with Crippen LogP contribution in [0.4, 0.5) is 21.0 Å². The number of alkyl carbamates (subject to hydrolysis) is 1. The molecule has 0 aliphatic carbocycles. The molecule has 0 saturated carbocycles. The smallest absolute Gasteiger partial charge is 0.407 e. The molecule has 0 unspecified atom stereocenters. The molecule has 0 aromatic heterocycles. The van der Waals surface area contributed by atoms with Crippen molar-refractivity contribution in [1.82, 2.24) is 5.32 Å². The van der Waals surface area contributed by atoms with Gasteiger partial charge in [0.05, 0.1) is 0 Å². The first-order valence-electron chi connectivity index (χ1n) is 13.1. The number of nitrogen functional groups attached to an aromatic ring is 2. The second-order valence-corrected chi connectivity index (χ2v) is 9.08. The van der Waals surface area contributed by atoms with Crippen molar-refractivity contribution in [2.45, 2.75) is 26.1 Å². The maximum atomic E-state index is 11.5. The molecule has 0 saturated heterocycles. The zero-order valence-electron chi connectivity index (χ0n) is 22.9. The van der Waals surface area contributed by atoms with Crippen molar-refractivity contribution in [2.24, 2.45) is 5.73 Å². The molecule has 41 heavy (non-hydrogen) atoms. The van der Waals surface area contributed by atoms with Crippen LogP contribution in [-0.2, 0) is 35.5 Å². The fourth-order valence-electron chi connectivity index (χ4n) is 3.33. The van der Waals surface area contributed by atoms with Gasteiger partial charge in [0.15, 0.2) is 0 Å². The van der Waals surface area contributed by atoms with E-state index in [1.807, 2.05) is 109 Å². The topological polar surface area (TPSA) is 143 Å². The van der Waals surface area contributed by atoms with E-state index in [-0.39, 0.29) is 13.2 Å². The molecular formula is C32H37ClN4O4. The van der Waals surface area contributed by atoms with E-state index >= 15 is 0 Å². The van der Waals surface area contributed by atoms with Gasteiger partial charge >= 0.3 is 11.5 Å². The number of benzene rings is 4. The van der Waals surface area contributed by atoms with E-state index in [4.69, 9.17) is 33.5 Å². The summed E-state index contributed by atoms with van der Waals surface area (Å²) in [5.41, 5.74) is 21.5. The maximum absolute atomic E-state index is 11.5. The molecule has 0 aliphatic heterocycles. The minimum atomic E-state index is -0.770. The van der Waals surface area contributed by atoms with E-state index in [0.717, 1.165) is 40.9 Å². The molecule has 4 aromatic carbocycles.